The number of likely N-dealkylation sites (tertiary alicyclic amines) is 1. The van der Waals surface area contributed by atoms with Gasteiger partial charge in [-0.05, 0) is 45.0 Å². The molecule has 1 aliphatic rings. The maximum absolute atomic E-state index is 10.4. The Labute approximate surface area is 107 Å². The molecule has 1 saturated heterocycles. The SMILES string of the molecule is CN1CCC(Cn2cc(/C=C/C(=O)O)cn2)CC1. The Hall–Kier alpha value is -1.62. The van der Waals surface area contributed by atoms with Gasteiger partial charge in [0.1, 0.15) is 0 Å². The van der Waals surface area contributed by atoms with Crippen molar-refractivity contribution in [3.05, 3.63) is 24.0 Å². The van der Waals surface area contributed by atoms with Crippen molar-refractivity contribution < 1.29 is 9.90 Å². The van der Waals surface area contributed by atoms with E-state index in [-0.39, 0.29) is 0 Å². The Balaban J connectivity index is 1.88. The van der Waals surface area contributed by atoms with E-state index in [1.54, 1.807) is 12.3 Å². The van der Waals surface area contributed by atoms with Crippen molar-refractivity contribution in [3.63, 3.8) is 0 Å². The predicted molar refractivity (Wildman–Crippen MR) is 69.1 cm³/mol. The third kappa shape index (κ3) is 3.70. The smallest absolute Gasteiger partial charge is 0.328 e. The second-order valence-electron chi connectivity index (χ2n) is 4.91. The highest BCUT2D eigenvalue weighted by Crippen LogP contribution is 2.17. The summed E-state index contributed by atoms with van der Waals surface area (Å²) in [4.78, 5) is 12.8. The van der Waals surface area contributed by atoms with Crippen LogP contribution in [0.1, 0.15) is 18.4 Å². The molecule has 1 aromatic rings. The topological polar surface area (TPSA) is 58.4 Å². The van der Waals surface area contributed by atoms with E-state index in [1.165, 1.54) is 12.8 Å². The third-order valence-corrected chi connectivity index (χ3v) is 3.35. The number of aliphatic carboxylic acids is 1. The molecule has 5 nitrogen and oxygen atoms in total. The summed E-state index contributed by atoms with van der Waals surface area (Å²) in [6.07, 6.45) is 8.72. The van der Waals surface area contributed by atoms with Crippen LogP contribution in [0.15, 0.2) is 18.5 Å². The van der Waals surface area contributed by atoms with E-state index in [2.05, 4.69) is 17.0 Å². The monoisotopic (exact) mass is 249 g/mol. The minimum atomic E-state index is -0.932. The van der Waals surface area contributed by atoms with Gasteiger partial charge in [0.25, 0.3) is 0 Å². The number of carboxylic acids is 1. The summed E-state index contributed by atoms with van der Waals surface area (Å²) in [6, 6.07) is 0. The van der Waals surface area contributed by atoms with E-state index in [1.807, 2.05) is 10.9 Å². The zero-order chi connectivity index (χ0) is 13.0. The maximum Gasteiger partial charge on any atom is 0.328 e. The van der Waals surface area contributed by atoms with Crippen LogP contribution in [0.25, 0.3) is 6.08 Å². The second-order valence-corrected chi connectivity index (χ2v) is 4.91. The summed E-state index contributed by atoms with van der Waals surface area (Å²) < 4.78 is 1.91. The highest BCUT2D eigenvalue weighted by molar-refractivity contribution is 5.85. The molecular weight excluding hydrogens is 230 g/mol. The first-order chi connectivity index (χ1) is 8.63. The number of carboxylic acid groups (broad SMARTS) is 1. The van der Waals surface area contributed by atoms with Crippen LogP contribution >= 0.6 is 0 Å². The minimum Gasteiger partial charge on any atom is -0.478 e. The maximum atomic E-state index is 10.4. The number of hydrogen-bond acceptors (Lipinski definition) is 3. The van der Waals surface area contributed by atoms with Crippen LogP contribution in [-0.2, 0) is 11.3 Å². The number of piperidine rings is 1. The quantitative estimate of drug-likeness (QED) is 0.818. The fourth-order valence-electron chi connectivity index (χ4n) is 2.24. The summed E-state index contributed by atoms with van der Waals surface area (Å²) in [6.45, 7) is 3.23. The van der Waals surface area contributed by atoms with Crippen LogP contribution < -0.4 is 0 Å². The standard InChI is InChI=1S/C13H19N3O2/c1-15-6-4-11(5-7-15)9-16-10-12(8-14-16)2-3-13(17)18/h2-3,8,10-11H,4-7,9H2,1H3,(H,17,18)/b3-2+. The molecule has 0 saturated carbocycles. The molecule has 1 N–H and O–H groups in total. The molecule has 0 atom stereocenters. The number of carbonyl (C=O) groups is 1. The highest BCUT2D eigenvalue weighted by atomic mass is 16.4. The summed E-state index contributed by atoms with van der Waals surface area (Å²) in [5, 5.41) is 12.8. The molecule has 0 amide bonds. The molecule has 18 heavy (non-hydrogen) atoms. The van der Waals surface area contributed by atoms with Crippen molar-refractivity contribution >= 4 is 12.0 Å². The Morgan fingerprint density at radius 2 is 2.28 bits per heavy atom. The number of hydrogen-bond donors (Lipinski definition) is 1. The van der Waals surface area contributed by atoms with E-state index in [9.17, 15) is 4.79 Å². The molecule has 0 radical (unpaired) electrons. The summed E-state index contributed by atoms with van der Waals surface area (Å²) in [5.74, 6) is -0.254. The fourth-order valence-corrected chi connectivity index (χ4v) is 2.24. The summed E-state index contributed by atoms with van der Waals surface area (Å²) >= 11 is 0. The highest BCUT2D eigenvalue weighted by Gasteiger charge is 2.17. The molecule has 0 bridgehead atoms. The molecule has 1 aromatic heterocycles. The fraction of sp³-hybridized carbons (Fsp3) is 0.538. The molecule has 1 fully saturated rings. The van der Waals surface area contributed by atoms with Gasteiger partial charge < -0.3 is 10.0 Å². The molecule has 0 aromatic carbocycles. The number of aromatic nitrogens is 2. The van der Waals surface area contributed by atoms with Crippen LogP contribution in [0.5, 0.6) is 0 Å². The second kappa shape index (κ2) is 5.82. The molecule has 0 aliphatic carbocycles. The molecule has 1 aliphatic heterocycles. The lowest BCUT2D eigenvalue weighted by Gasteiger charge is -2.28. The van der Waals surface area contributed by atoms with Gasteiger partial charge in [0, 0.05) is 24.4 Å². The van der Waals surface area contributed by atoms with E-state index < -0.39 is 5.97 Å². The van der Waals surface area contributed by atoms with E-state index in [0.717, 1.165) is 31.3 Å². The Kier molecular flexibility index (Phi) is 4.15. The van der Waals surface area contributed by atoms with Crippen molar-refractivity contribution in [1.29, 1.82) is 0 Å². The zero-order valence-corrected chi connectivity index (χ0v) is 10.6. The van der Waals surface area contributed by atoms with Crippen molar-refractivity contribution in [2.45, 2.75) is 19.4 Å². The van der Waals surface area contributed by atoms with Crippen LogP contribution in [0.3, 0.4) is 0 Å². The lowest BCUT2D eigenvalue weighted by Crippen LogP contribution is -2.31. The Morgan fingerprint density at radius 3 is 2.94 bits per heavy atom. The molecule has 0 spiro atoms. The van der Waals surface area contributed by atoms with Crippen LogP contribution in [0.4, 0.5) is 0 Å². The lowest BCUT2D eigenvalue weighted by atomic mass is 9.97. The number of rotatable bonds is 4. The van der Waals surface area contributed by atoms with Crippen LogP contribution in [0, 0.1) is 5.92 Å². The molecule has 2 rings (SSSR count). The predicted octanol–water partition coefficient (Wildman–Crippen LogP) is 1.32. The van der Waals surface area contributed by atoms with Gasteiger partial charge in [0.05, 0.1) is 6.20 Å². The van der Waals surface area contributed by atoms with Gasteiger partial charge in [0.2, 0.25) is 0 Å². The van der Waals surface area contributed by atoms with Gasteiger partial charge in [-0.25, -0.2) is 4.79 Å². The summed E-state index contributed by atoms with van der Waals surface area (Å²) in [7, 11) is 2.15. The van der Waals surface area contributed by atoms with Gasteiger partial charge in [-0.1, -0.05) is 0 Å². The van der Waals surface area contributed by atoms with Crippen LogP contribution in [-0.4, -0.2) is 45.9 Å². The average molecular weight is 249 g/mol. The zero-order valence-electron chi connectivity index (χ0n) is 10.6. The van der Waals surface area contributed by atoms with Gasteiger partial charge in [-0.2, -0.15) is 5.10 Å². The van der Waals surface area contributed by atoms with Gasteiger partial charge >= 0.3 is 5.97 Å². The average Bonchev–Trinajstić information content (AvgIpc) is 2.77. The largest absolute Gasteiger partial charge is 0.478 e. The molecule has 2 heterocycles. The van der Waals surface area contributed by atoms with Crippen LogP contribution in [0.2, 0.25) is 0 Å². The van der Waals surface area contributed by atoms with Gasteiger partial charge in [-0.3, -0.25) is 4.68 Å². The number of nitrogens with zero attached hydrogens (tertiary/aromatic N) is 3. The first-order valence-corrected chi connectivity index (χ1v) is 6.25. The van der Waals surface area contributed by atoms with E-state index in [4.69, 9.17) is 5.11 Å². The molecule has 5 heteroatoms. The molecular formula is C13H19N3O2. The first kappa shape index (κ1) is 12.8. The minimum absolute atomic E-state index is 0.678. The van der Waals surface area contributed by atoms with Crippen molar-refractivity contribution in [2.24, 2.45) is 5.92 Å². The van der Waals surface area contributed by atoms with Crippen molar-refractivity contribution in [1.82, 2.24) is 14.7 Å². The lowest BCUT2D eigenvalue weighted by molar-refractivity contribution is -0.131. The van der Waals surface area contributed by atoms with Gasteiger partial charge in [-0.15, -0.1) is 0 Å². The Morgan fingerprint density at radius 1 is 1.56 bits per heavy atom. The third-order valence-electron chi connectivity index (χ3n) is 3.35. The van der Waals surface area contributed by atoms with E-state index in [0.29, 0.717) is 5.92 Å². The molecule has 0 unspecified atom stereocenters. The first-order valence-electron chi connectivity index (χ1n) is 6.25. The molecule has 98 valence electrons. The van der Waals surface area contributed by atoms with Crippen molar-refractivity contribution in [2.75, 3.05) is 20.1 Å². The van der Waals surface area contributed by atoms with Gasteiger partial charge in [0.15, 0.2) is 0 Å². The summed E-state index contributed by atoms with van der Waals surface area (Å²) in [5.41, 5.74) is 0.838. The normalized spacial score (nSPS) is 18.5. The van der Waals surface area contributed by atoms with E-state index >= 15 is 0 Å². The van der Waals surface area contributed by atoms with Crippen molar-refractivity contribution in [3.8, 4) is 0 Å². The Bertz CT molecular complexity index is 431.